The van der Waals surface area contributed by atoms with Gasteiger partial charge in [0.2, 0.25) is 0 Å². The Hall–Kier alpha value is -2.29. The molecule has 0 aromatic heterocycles. The molecular weight excluding hydrogens is 300 g/mol. The first-order valence-corrected chi connectivity index (χ1v) is 8.47. The first kappa shape index (κ1) is 16.6. The fraction of sp³-hybridized carbons (Fsp3) is 0.381. The summed E-state index contributed by atoms with van der Waals surface area (Å²) in [4.78, 5) is 12.3. The topological polar surface area (TPSA) is 35.5 Å². The molecule has 1 aliphatic carbocycles. The second-order valence-corrected chi connectivity index (χ2v) is 6.66. The number of hydrogen-bond donors (Lipinski definition) is 0. The Morgan fingerprint density at radius 3 is 2.38 bits per heavy atom. The van der Waals surface area contributed by atoms with E-state index in [1.807, 2.05) is 32.0 Å². The molecule has 3 nitrogen and oxygen atoms in total. The van der Waals surface area contributed by atoms with Crippen LogP contribution in [-0.2, 0) is 0 Å². The van der Waals surface area contributed by atoms with E-state index in [1.54, 1.807) is 0 Å². The van der Waals surface area contributed by atoms with Crippen LogP contribution in [0.5, 0.6) is 11.5 Å². The molecule has 0 radical (unpaired) electrons. The van der Waals surface area contributed by atoms with Crippen molar-refractivity contribution in [2.75, 3.05) is 13.2 Å². The SMILES string of the molecule is Cc1ccc(C)c(OCCOc2ccc(C)c3c2C(=O)CC3C)c1. The van der Waals surface area contributed by atoms with E-state index in [4.69, 9.17) is 9.47 Å². The van der Waals surface area contributed by atoms with Crippen LogP contribution in [0.15, 0.2) is 30.3 Å². The minimum absolute atomic E-state index is 0.187. The molecule has 2 aromatic rings. The normalized spacial score (nSPS) is 16.2. The molecule has 0 saturated heterocycles. The van der Waals surface area contributed by atoms with Crippen molar-refractivity contribution in [2.45, 2.75) is 40.0 Å². The molecule has 1 unspecified atom stereocenters. The zero-order valence-electron chi connectivity index (χ0n) is 14.8. The number of ether oxygens (including phenoxy) is 2. The Kier molecular flexibility index (Phi) is 4.61. The third-order valence-corrected chi connectivity index (χ3v) is 4.63. The number of hydrogen-bond acceptors (Lipinski definition) is 3. The van der Waals surface area contributed by atoms with E-state index in [1.165, 1.54) is 11.1 Å². The van der Waals surface area contributed by atoms with E-state index in [0.717, 1.165) is 22.4 Å². The summed E-state index contributed by atoms with van der Waals surface area (Å²) in [7, 11) is 0. The molecule has 0 N–H and O–H groups in total. The van der Waals surface area contributed by atoms with E-state index in [9.17, 15) is 4.79 Å². The Morgan fingerprint density at radius 2 is 1.62 bits per heavy atom. The molecule has 0 bridgehead atoms. The van der Waals surface area contributed by atoms with Crippen molar-refractivity contribution in [3.05, 3.63) is 58.1 Å². The molecule has 126 valence electrons. The number of fused-ring (bicyclic) bond motifs is 1. The van der Waals surface area contributed by atoms with Crippen LogP contribution in [0.4, 0.5) is 0 Å². The summed E-state index contributed by atoms with van der Waals surface area (Å²) in [6, 6.07) is 10.1. The van der Waals surface area contributed by atoms with E-state index in [2.05, 4.69) is 26.0 Å². The van der Waals surface area contributed by atoms with E-state index >= 15 is 0 Å². The third-order valence-electron chi connectivity index (χ3n) is 4.63. The first-order chi connectivity index (χ1) is 11.5. The van der Waals surface area contributed by atoms with E-state index in [0.29, 0.717) is 25.4 Å². The maximum Gasteiger partial charge on any atom is 0.167 e. The summed E-state index contributed by atoms with van der Waals surface area (Å²) in [5.41, 5.74) is 5.37. The van der Waals surface area contributed by atoms with Crippen molar-refractivity contribution in [2.24, 2.45) is 0 Å². The van der Waals surface area contributed by atoms with Gasteiger partial charge in [0.1, 0.15) is 24.7 Å². The average molecular weight is 324 g/mol. The van der Waals surface area contributed by atoms with Crippen LogP contribution in [0, 0.1) is 20.8 Å². The van der Waals surface area contributed by atoms with Crippen molar-refractivity contribution < 1.29 is 14.3 Å². The van der Waals surface area contributed by atoms with Gasteiger partial charge in [-0.25, -0.2) is 0 Å². The Balaban J connectivity index is 1.66. The third kappa shape index (κ3) is 3.16. The van der Waals surface area contributed by atoms with Gasteiger partial charge in [0.15, 0.2) is 5.78 Å². The highest BCUT2D eigenvalue weighted by molar-refractivity contribution is 6.04. The van der Waals surface area contributed by atoms with E-state index < -0.39 is 0 Å². The summed E-state index contributed by atoms with van der Waals surface area (Å²) in [6.07, 6.45) is 0.579. The van der Waals surface area contributed by atoms with Crippen LogP contribution in [0.1, 0.15) is 51.9 Å². The summed E-state index contributed by atoms with van der Waals surface area (Å²) in [5.74, 6) is 2.04. The maximum absolute atomic E-state index is 12.3. The fourth-order valence-corrected chi connectivity index (χ4v) is 3.39. The second-order valence-electron chi connectivity index (χ2n) is 6.66. The van der Waals surface area contributed by atoms with Crippen LogP contribution in [0.2, 0.25) is 0 Å². The Morgan fingerprint density at radius 1 is 0.958 bits per heavy atom. The zero-order chi connectivity index (χ0) is 17.3. The minimum Gasteiger partial charge on any atom is -0.490 e. The number of Topliss-reactive ketones (excluding diaryl/α,β-unsaturated/α-hetero) is 1. The van der Waals surface area contributed by atoms with Crippen molar-refractivity contribution >= 4 is 5.78 Å². The molecular formula is C21H24O3. The monoisotopic (exact) mass is 324 g/mol. The molecule has 2 aromatic carbocycles. The summed E-state index contributed by atoms with van der Waals surface area (Å²) >= 11 is 0. The summed E-state index contributed by atoms with van der Waals surface area (Å²) in [5, 5.41) is 0. The number of benzene rings is 2. The van der Waals surface area contributed by atoms with Crippen LogP contribution >= 0.6 is 0 Å². The molecule has 0 spiro atoms. The molecule has 0 saturated carbocycles. The Labute approximate surface area is 143 Å². The lowest BCUT2D eigenvalue weighted by Crippen LogP contribution is -2.11. The van der Waals surface area contributed by atoms with Gasteiger partial charge in [-0.15, -0.1) is 0 Å². The van der Waals surface area contributed by atoms with Crippen LogP contribution < -0.4 is 9.47 Å². The molecule has 0 heterocycles. The van der Waals surface area contributed by atoms with Gasteiger partial charge in [-0.05, 0) is 61.1 Å². The van der Waals surface area contributed by atoms with Gasteiger partial charge in [0, 0.05) is 6.42 Å². The highest BCUT2D eigenvalue weighted by Crippen LogP contribution is 2.40. The number of carbonyl (C=O) groups is 1. The van der Waals surface area contributed by atoms with Gasteiger partial charge in [0.05, 0.1) is 5.56 Å². The molecule has 3 rings (SSSR count). The van der Waals surface area contributed by atoms with Crippen LogP contribution in [0.25, 0.3) is 0 Å². The molecule has 1 atom stereocenters. The quantitative estimate of drug-likeness (QED) is 0.744. The zero-order valence-corrected chi connectivity index (χ0v) is 14.8. The van der Waals surface area contributed by atoms with E-state index in [-0.39, 0.29) is 11.7 Å². The molecule has 0 amide bonds. The largest absolute Gasteiger partial charge is 0.490 e. The number of rotatable bonds is 5. The molecule has 0 fully saturated rings. The summed E-state index contributed by atoms with van der Waals surface area (Å²) < 4.78 is 11.7. The average Bonchev–Trinajstić information content (AvgIpc) is 2.85. The smallest absolute Gasteiger partial charge is 0.167 e. The van der Waals surface area contributed by atoms with Crippen LogP contribution in [-0.4, -0.2) is 19.0 Å². The fourth-order valence-electron chi connectivity index (χ4n) is 3.39. The predicted octanol–water partition coefficient (Wildman–Crippen LogP) is 4.76. The predicted molar refractivity (Wildman–Crippen MR) is 95.4 cm³/mol. The van der Waals surface area contributed by atoms with Crippen molar-refractivity contribution in [1.29, 1.82) is 0 Å². The minimum atomic E-state index is 0.187. The first-order valence-electron chi connectivity index (χ1n) is 8.47. The van der Waals surface area contributed by atoms with Gasteiger partial charge in [-0.1, -0.05) is 25.1 Å². The number of carbonyl (C=O) groups excluding carboxylic acids is 1. The van der Waals surface area contributed by atoms with Gasteiger partial charge >= 0.3 is 0 Å². The van der Waals surface area contributed by atoms with Crippen molar-refractivity contribution in [3.8, 4) is 11.5 Å². The molecule has 24 heavy (non-hydrogen) atoms. The molecule has 1 aliphatic rings. The van der Waals surface area contributed by atoms with Gasteiger partial charge in [0.25, 0.3) is 0 Å². The van der Waals surface area contributed by atoms with Crippen molar-refractivity contribution in [1.82, 2.24) is 0 Å². The second kappa shape index (κ2) is 6.68. The number of ketones is 1. The molecule has 3 heteroatoms. The Bertz CT molecular complexity index is 777. The van der Waals surface area contributed by atoms with Crippen molar-refractivity contribution in [3.63, 3.8) is 0 Å². The van der Waals surface area contributed by atoms with Gasteiger partial charge < -0.3 is 9.47 Å². The standard InChI is InChI=1S/C21H24O3/c1-13-5-6-14(2)19(11-13)24-10-9-23-18-8-7-15(3)20-16(4)12-17(22)21(18)20/h5-8,11,16H,9-10,12H2,1-4H3. The highest BCUT2D eigenvalue weighted by Gasteiger charge is 2.30. The maximum atomic E-state index is 12.3. The molecule has 0 aliphatic heterocycles. The van der Waals surface area contributed by atoms with Crippen LogP contribution in [0.3, 0.4) is 0 Å². The highest BCUT2D eigenvalue weighted by atomic mass is 16.5. The summed E-state index contributed by atoms with van der Waals surface area (Å²) in [6.45, 7) is 9.11. The van der Waals surface area contributed by atoms with Gasteiger partial charge in [-0.3, -0.25) is 4.79 Å². The lowest BCUT2D eigenvalue weighted by Gasteiger charge is -2.14. The van der Waals surface area contributed by atoms with Gasteiger partial charge in [-0.2, -0.15) is 0 Å². The lowest BCUT2D eigenvalue weighted by atomic mass is 9.97. The number of aryl methyl sites for hydroxylation is 3. The lowest BCUT2D eigenvalue weighted by molar-refractivity contribution is 0.0985.